The molecule has 1 aliphatic heterocycles. The molecule has 0 amide bonds. The highest BCUT2D eigenvalue weighted by molar-refractivity contribution is 7.89. The number of sulfonamides is 1. The first-order valence-electron chi connectivity index (χ1n) is 9.89. The number of methoxy groups -OCH3 is 1. The molecule has 2 aromatic carbocycles. The summed E-state index contributed by atoms with van der Waals surface area (Å²) in [7, 11) is -1.77. The minimum absolute atomic E-state index is 0.390. The molecular weight excluding hydrogens is 372 g/mol. The van der Waals surface area contributed by atoms with Gasteiger partial charge in [-0.1, -0.05) is 38.1 Å². The van der Waals surface area contributed by atoms with Gasteiger partial charge in [0.2, 0.25) is 10.0 Å². The molecule has 28 heavy (non-hydrogen) atoms. The zero-order valence-corrected chi connectivity index (χ0v) is 17.8. The lowest BCUT2D eigenvalue weighted by molar-refractivity contribution is 0.181. The van der Waals surface area contributed by atoms with Gasteiger partial charge in [-0.2, -0.15) is 4.31 Å². The zero-order valence-electron chi connectivity index (χ0n) is 17.0. The Morgan fingerprint density at radius 2 is 1.71 bits per heavy atom. The highest BCUT2D eigenvalue weighted by Gasteiger charge is 2.28. The Morgan fingerprint density at radius 1 is 1.04 bits per heavy atom. The SMILES string of the molecule is CC[C@@H](C)c1ccc(S(=O)(=O)N2CCN(Cc3cccc(OC)c3)CC2)cc1. The second-order valence-corrected chi connectivity index (χ2v) is 9.35. The van der Waals surface area contributed by atoms with E-state index in [1.165, 1.54) is 11.1 Å². The van der Waals surface area contributed by atoms with Crippen LogP contribution in [-0.4, -0.2) is 50.9 Å². The quantitative estimate of drug-likeness (QED) is 0.708. The molecule has 1 fully saturated rings. The number of piperazine rings is 1. The third-order valence-electron chi connectivity index (χ3n) is 5.57. The van der Waals surface area contributed by atoms with Gasteiger partial charge in [-0.3, -0.25) is 4.90 Å². The van der Waals surface area contributed by atoms with Gasteiger partial charge in [0.15, 0.2) is 0 Å². The topological polar surface area (TPSA) is 49.9 Å². The third kappa shape index (κ3) is 4.74. The number of ether oxygens (including phenoxy) is 1. The van der Waals surface area contributed by atoms with Crippen LogP contribution in [0.15, 0.2) is 53.4 Å². The molecule has 0 N–H and O–H groups in total. The highest BCUT2D eigenvalue weighted by atomic mass is 32.2. The zero-order chi connectivity index (χ0) is 20.1. The Labute approximate surface area is 169 Å². The van der Waals surface area contributed by atoms with Gasteiger partial charge in [0.1, 0.15) is 5.75 Å². The summed E-state index contributed by atoms with van der Waals surface area (Å²) in [5, 5.41) is 0. The molecule has 0 radical (unpaired) electrons. The van der Waals surface area contributed by atoms with Crippen molar-refractivity contribution in [3.63, 3.8) is 0 Å². The van der Waals surface area contributed by atoms with E-state index in [2.05, 4.69) is 24.8 Å². The Balaban J connectivity index is 1.61. The number of hydrogen-bond donors (Lipinski definition) is 0. The summed E-state index contributed by atoms with van der Waals surface area (Å²) < 4.78 is 32.8. The van der Waals surface area contributed by atoms with Crippen LogP contribution in [0.5, 0.6) is 5.75 Å². The molecule has 0 spiro atoms. The van der Waals surface area contributed by atoms with Crippen molar-refractivity contribution in [1.82, 2.24) is 9.21 Å². The normalized spacial score (nSPS) is 17.4. The summed E-state index contributed by atoms with van der Waals surface area (Å²) in [6.45, 7) is 7.57. The summed E-state index contributed by atoms with van der Waals surface area (Å²) in [5.74, 6) is 1.29. The van der Waals surface area contributed by atoms with Crippen LogP contribution in [0.1, 0.15) is 37.3 Å². The monoisotopic (exact) mass is 402 g/mol. The van der Waals surface area contributed by atoms with Crippen molar-refractivity contribution in [2.24, 2.45) is 0 Å². The molecule has 0 bridgehead atoms. The van der Waals surface area contributed by atoms with E-state index in [0.717, 1.165) is 31.8 Å². The first-order chi connectivity index (χ1) is 13.4. The molecule has 0 aromatic heterocycles. The van der Waals surface area contributed by atoms with Crippen LogP contribution in [0.25, 0.3) is 0 Å². The Hall–Kier alpha value is -1.89. The van der Waals surface area contributed by atoms with Gasteiger partial charge in [-0.25, -0.2) is 8.42 Å². The molecule has 0 saturated carbocycles. The van der Waals surface area contributed by atoms with Crippen molar-refractivity contribution in [1.29, 1.82) is 0 Å². The fourth-order valence-corrected chi connectivity index (χ4v) is 4.93. The second kappa shape index (κ2) is 9.07. The molecule has 1 aliphatic rings. The highest BCUT2D eigenvalue weighted by Crippen LogP contribution is 2.23. The van der Waals surface area contributed by atoms with Crippen LogP contribution in [-0.2, 0) is 16.6 Å². The molecule has 0 unspecified atom stereocenters. The van der Waals surface area contributed by atoms with E-state index < -0.39 is 10.0 Å². The van der Waals surface area contributed by atoms with E-state index in [1.54, 1.807) is 23.5 Å². The predicted octanol–water partition coefficient (Wildman–Crippen LogP) is 3.72. The Morgan fingerprint density at radius 3 is 2.32 bits per heavy atom. The first kappa shape index (κ1) is 20.8. The summed E-state index contributed by atoms with van der Waals surface area (Å²) in [6.07, 6.45) is 1.04. The van der Waals surface area contributed by atoms with Crippen LogP contribution < -0.4 is 4.74 Å². The van der Waals surface area contributed by atoms with Gasteiger partial charge in [0.25, 0.3) is 0 Å². The third-order valence-corrected chi connectivity index (χ3v) is 7.48. The molecule has 2 aromatic rings. The molecule has 5 nitrogen and oxygen atoms in total. The molecular formula is C22H30N2O3S. The van der Waals surface area contributed by atoms with Crippen molar-refractivity contribution in [2.75, 3.05) is 33.3 Å². The molecule has 152 valence electrons. The van der Waals surface area contributed by atoms with Gasteiger partial charge in [-0.15, -0.1) is 0 Å². The van der Waals surface area contributed by atoms with Gasteiger partial charge in [-0.05, 0) is 47.7 Å². The summed E-state index contributed by atoms with van der Waals surface area (Å²) >= 11 is 0. The summed E-state index contributed by atoms with van der Waals surface area (Å²) in [5.41, 5.74) is 2.36. The van der Waals surface area contributed by atoms with Gasteiger partial charge < -0.3 is 4.74 Å². The van der Waals surface area contributed by atoms with Gasteiger partial charge in [0.05, 0.1) is 12.0 Å². The molecule has 0 aliphatic carbocycles. The Bertz CT molecular complexity index is 873. The molecule has 1 saturated heterocycles. The van der Waals surface area contributed by atoms with Crippen LogP contribution in [0.3, 0.4) is 0 Å². The van der Waals surface area contributed by atoms with E-state index in [4.69, 9.17) is 4.74 Å². The predicted molar refractivity (Wildman–Crippen MR) is 112 cm³/mol. The lowest BCUT2D eigenvalue weighted by Crippen LogP contribution is -2.48. The average Bonchev–Trinajstić information content (AvgIpc) is 2.74. The van der Waals surface area contributed by atoms with E-state index in [9.17, 15) is 8.42 Å². The maximum Gasteiger partial charge on any atom is 0.243 e. The maximum atomic E-state index is 13.0. The molecule has 6 heteroatoms. The van der Waals surface area contributed by atoms with Crippen molar-refractivity contribution in [3.05, 3.63) is 59.7 Å². The molecule has 1 heterocycles. The minimum atomic E-state index is -3.43. The molecule has 3 rings (SSSR count). The van der Waals surface area contributed by atoms with Crippen LogP contribution in [0.4, 0.5) is 0 Å². The standard InChI is InChI=1S/C22H30N2O3S/c1-4-18(2)20-8-10-22(11-9-20)28(25,26)24-14-12-23(13-15-24)17-19-6-5-7-21(16-19)27-3/h5-11,16,18H,4,12-15,17H2,1-3H3/t18-/m1/s1. The largest absolute Gasteiger partial charge is 0.497 e. The van der Waals surface area contributed by atoms with E-state index >= 15 is 0 Å². The number of rotatable bonds is 7. The van der Waals surface area contributed by atoms with Crippen molar-refractivity contribution >= 4 is 10.0 Å². The Kier molecular flexibility index (Phi) is 6.75. The fourth-order valence-electron chi connectivity index (χ4n) is 3.51. The van der Waals surface area contributed by atoms with Crippen LogP contribution in [0.2, 0.25) is 0 Å². The lowest BCUT2D eigenvalue weighted by Gasteiger charge is -2.34. The van der Waals surface area contributed by atoms with Crippen molar-refractivity contribution in [2.45, 2.75) is 37.6 Å². The van der Waals surface area contributed by atoms with E-state index in [-0.39, 0.29) is 0 Å². The number of hydrogen-bond acceptors (Lipinski definition) is 4. The summed E-state index contributed by atoms with van der Waals surface area (Å²) in [4.78, 5) is 2.67. The average molecular weight is 403 g/mol. The van der Waals surface area contributed by atoms with Gasteiger partial charge >= 0.3 is 0 Å². The molecule has 1 atom stereocenters. The van der Waals surface area contributed by atoms with Crippen LogP contribution in [0, 0.1) is 0 Å². The smallest absolute Gasteiger partial charge is 0.243 e. The fraction of sp³-hybridized carbons (Fsp3) is 0.455. The van der Waals surface area contributed by atoms with E-state index in [1.807, 2.05) is 30.3 Å². The number of nitrogens with zero attached hydrogens (tertiary/aromatic N) is 2. The first-order valence-corrected chi connectivity index (χ1v) is 11.3. The minimum Gasteiger partial charge on any atom is -0.497 e. The summed E-state index contributed by atoms with van der Waals surface area (Å²) in [6, 6.07) is 15.4. The number of benzene rings is 2. The maximum absolute atomic E-state index is 13.0. The van der Waals surface area contributed by atoms with Crippen LogP contribution >= 0.6 is 0 Å². The van der Waals surface area contributed by atoms with Crippen molar-refractivity contribution in [3.8, 4) is 5.75 Å². The lowest BCUT2D eigenvalue weighted by atomic mass is 9.99. The second-order valence-electron chi connectivity index (χ2n) is 7.41. The van der Waals surface area contributed by atoms with E-state index in [0.29, 0.717) is 23.9 Å². The van der Waals surface area contributed by atoms with Gasteiger partial charge in [0, 0.05) is 32.7 Å². The van der Waals surface area contributed by atoms with Crippen molar-refractivity contribution < 1.29 is 13.2 Å².